The van der Waals surface area contributed by atoms with Crippen molar-refractivity contribution in [1.29, 1.82) is 0 Å². The second-order valence-electron chi connectivity index (χ2n) is 5.60. The zero-order chi connectivity index (χ0) is 16.5. The van der Waals surface area contributed by atoms with Crippen LogP contribution in [-0.2, 0) is 5.75 Å². The van der Waals surface area contributed by atoms with Gasteiger partial charge < -0.3 is 10.5 Å². The van der Waals surface area contributed by atoms with E-state index in [-0.39, 0.29) is 0 Å². The van der Waals surface area contributed by atoms with E-state index < -0.39 is 0 Å². The summed E-state index contributed by atoms with van der Waals surface area (Å²) in [5, 5.41) is 12.2. The number of hydrogen-bond donors (Lipinski definition) is 1. The summed E-state index contributed by atoms with van der Waals surface area (Å²) in [5.41, 5.74) is 8.05. The first kappa shape index (κ1) is 15.5. The van der Waals surface area contributed by atoms with Crippen LogP contribution >= 0.6 is 23.1 Å². The highest BCUT2D eigenvalue weighted by Crippen LogP contribution is 2.40. The molecular weight excluding hydrogens is 342 g/mol. The van der Waals surface area contributed by atoms with Gasteiger partial charge in [-0.3, -0.25) is 4.57 Å². The van der Waals surface area contributed by atoms with Crippen molar-refractivity contribution < 1.29 is 4.74 Å². The summed E-state index contributed by atoms with van der Waals surface area (Å²) in [5.74, 6) is 2.12. The Morgan fingerprint density at radius 3 is 2.79 bits per heavy atom. The number of thiazole rings is 1. The Labute approximate surface area is 148 Å². The number of thioether (sulfide) groups is 1. The van der Waals surface area contributed by atoms with E-state index in [1.165, 1.54) is 0 Å². The fourth-order valence-electron chi connectivity index (χ4n) is 2.44. The Balaban J connectivity index is 1.45. The molecule has 0 atom stereocenters. The molecule has 2 aromatic heterocycles. The molecule has 0 spiro atoms. The van der Waals surface area contributed by atoms with E-state index >= 15 is 0 Å². The van der Waals surface area contributed by atoms with Crippen LogP contribution in [0.25, 0.3) is 10.6 Å². The van der Waals surface area contributed by atoms with E-state index in [2.05, 4.69) is 15.6 Å². The molecular formula is C16H17N5OS2. The predicted molar refractivity (Wildman–Crippen MR) is 96.4 cm³/mol. The van der Waals surface area contributed by atoms with E-state index in [9.17, 15) is 0 Å². The van der Waals surface area contributed by atoms with Crippen molar-refractivity contribution in [2.75, 3.05) is 12.8 Å². The number of anilines is 1. The molecule has 1 aliphatic rings. The van der Waals surface area contributed by atoms with Gasteiger partial charge in [0.2, 0.25) is 5.95 Å². The quantitative estimate of drug-likeness (QED) is 0.677. The Morgan fingerprint density at radius 2 is 2.08 bits per heavy atom. The molecule has 0 bridgehead atoms. The Morgan fingerprint density at radius 1 is 1.29 bits per heavy atom. The van der Waals surface area contributed by atoms with Gasteiger partial charge in [0.15, 0.2) is 5.16 Å². The molecule has 0 radical (unpaired) electrons. The summed E-state index contributed by atoms with van der Waals surface area (Å²) >= 11 is 3.28. The number of benzene rings is 1. The van der Waals surface area contributed by atoms with Crippen molar-refractivity contribution in [3.8, 4) is 16.3 Å². The van der Waals surface area contributed by atoms with Crippen molar-refractivity contribution in [2.24, 2.45) is 0 Å². The van der Waals surface area contributed by atoms with Crippen molar-refractivity contribution >= 4 is 29.0 Å². The van der Waals surface area contributed by atoms with Crippen LogP contribution in [0.4, 0.5) is 5.95 Å². The molecule has 0 unspecified atom stereocenters. The Hall–Kier alpha value is -2.06. The number of aromatic nitrogens is 4. The van der Waals surface area contributed by atoms with E-state index in [0.717, 1.165) is 45.8 Å². The molecule has 2 heterocycles. The van der Waals surface area contributed by atoms with Crippen LogP contribution in [0.1, 0.15) is 24.6 Å². The smallest absolute Gasteiger partial charge is 0.222 e. The minimum absolute atomic E-state index is 0.479. The molecule has 0 aliphatic heterocycles. The zero-order valence-corrected chi connectivity index (χ0v) is 14.8. The summed E-state index contributed by atoms with van der Waals surface area (Å²) in [6.07, 6.45) is 2.32. The lowest BCUT2D eigenvalue weighted by molar-refractivity contribution is 0.415. The predicted octanol–water partition coefficient (Wildman–Crippen LogP) is 3.62. The maximum atomic E-state index is 5.91. The molecule has 6 nitrogen and oxygen atoms in total. The Bertz CT molecular complexity index is 839. The molecule has 8 heteroatoms. The fourth-order valence-corrected chi connectivity index (χ4v) is 4.28. The van der Waals surface area contributed by atoms with Gasteiger partial charge in [-0.1, -0.05) is 11.8 Å². The second kappa shape index (κ2) is 6.45. The third-order valence-electron chi connectivity index (χ3n) is 3.84. The third kappa shape index (κ3) is 3.11. The first-order valence-electron chi connectivity index (χ1n) is 7.66. The molecule has 1 fully saturated rings. The SMILES string of the molecule is COc1ccc(-c2nc(CSc3nnc(N)n3C3CC3)cs2)cc1. The van der Waals surface area contributed by atoms with Gasteiger partial charge in [-0.15, -0.1) is 21.5 Å². The fraction of sp³-hybridized carbons (Fsp3) is 0.312. The van der Waals surface area contributed by atoms with Crippen molar-refractivity contribution in [3.63, 3.8) is 0 Å². The van der Waals surface area contributed by atoms with Gasteiger partial charge in [0.25, 0.3) is 0 Å². The van der Waals surface area contributed by atoms with Crippen LogP contribution in [0.2, 0.25) is 0 Å². The van der Waals surface area contributed by atoms with Gasteiger partial charge in [0, 0.05) is 22.7 Å². The molecule has 4 rings (SSSR count). The lowest BCUT2D eigenvalue weighted by Gasteiger charge is -2.04. The summed E-state index contributed by atoms with van der Waals surface area (Å²) in [6.45, 7) is 0. The van der Waals surface area contributed by atoms with Crippen molar-refractivity contribution in [1.82, 2.24) is 19.7 Å². The summed E-state index contributed by atoms with van der Waals surface area (Å²) in [7, 11) is 1.67. The second-order valence-corrected chi connectivity index (χ2v) is 7.40. The Kier molecular flexibility index (Phi) is 4.15. The monoisotopic (exact) mass is 359 g/mol. The van der Waals surface area contributed by atoms with Gasteiger partial charge >= 0.3 is 0 Å². The molecule has 124 valence electrons. The van der Waals surface area contributed by atoms with E-state index in [1.54, 1.807) is 30.2 Å². The van der Waals surface area contributed by atoms with E-state index in [0.29, 0.717) is 12.0 Å². The van der Waals surface area contributed by atoms with Crippen LogP contribution < -0.4 is 10.5 Å². The number of methoxy groups -OCH3 is 1. The van der Waals surface area contributed by atoms with Crippen LogP contribution in [0.5, 0.6) is 5.75 Å². The standard InChI is InChI=1S/C16H17N5OS2/c1-22-13-6-2-10(3-7-13)14-18-11(8-23-14)9-24-16-20-19-15(17)21(16)12-4-5-12/h2-3,6-8,12H,4-5,9H2,1H3,(H2,17,19). The lowest BCUT2D eigenvalue weighted by Crippen LogP contribution is -2.02. The first-order valence-corrected chi connectivity index (χ1v) is 9.53. The van der Waals surface area contributed by atoms with E-state index in [1.807, 2.05) is 28.8 Å². The van der Waals surface area contributed by atoms with E-state index in [4.69, 9.17) is 15.5 Å². The van der Waals surface area contributed by atoms with Crippen LogP contribution in [0, 0.1) is 0 Å². The molecule has 24 heavy (non-hydrogen) atoms. The van der Waals surface area contributed by atoms with Gasteiger partial charge in [-0.25, -0.2) is 4.98 Å². The van der Waals surface area contributed by atoms with Crippen molar-refractivity contribution in [3.05, 3.63) is 35.3 Å². The molecule has 2 N–H and O–H groups in total. The van der Waals surface area contributed by atoms with Gasteiger partial charge in [0.1, 0.15) is 10.8 Å². The topological polar surface area (TPSA) is 78.8 Å². The molecule has 1 aliphatic carbocycles. The average Bonchev–Trinajstić information content (AvgIpc) is 3.21. The molecule has 3 aromatic rings. The number of nitrogen functional groups attached to an aromatic ring is 1. The normalized spacial score (nSPS) is 14.0. The zero-order valence-electron chi connectivity index (χ0n) is 13.2. The number of nitrogens with two attached hydrogens (primary N) is 1. The number of ether oxygens (including phenoxy) is 1. The minimum atomic E-state index is 0.479. The number of nitrogens with zero attached hydrogens (tertiary/aromatic N) is 4. The van der Waals surface area contributed by atoms with Crippen molar-refractivity contribution in [2.45, 2.75) is 29.8 Å². The largest absolute Gasteiger partial charge is 0.497 e. The highest BCUT2D eigenvalue weighted by atomic mass is 32.2. The third-order valence-corrected chi connectivity index (χ3v) is 5.76. The maximum absolute atomic E-state index is 5.91. The first-order chi connectivity index (χ1) is 11.7. The van der Waals surface area contributed by atoms with Gasteiger partial charge in [-0.2, -0.15) is 0 Å². The molecule has 1 aromatic carbocycles. The molecule has 1 saturated carbocycles. The summed E-state index contributed by atoms with van der Waals surface area (Å²) in [6, 6.07) is 8.43. The highest BCUT2D eigenvalue weighted by molar-refractivity contribution is 7.98. The number of hydrogen-bond acceptors (Lipinski definition) is 7. The maximum Gasteiger partial charge on any atom is 0.222 e. The van der Waals surface area contributed by atoms with Gasteiger partial charge in [0.05, 0.1) is 12.8 Å². The van der Waals surface area contributed by atoms with Crippen LogP contribution in [0.3, 0.4) is 0 Å². The number of rotatable bonds is 6. The highest BCUT2D eigenvalue weighted by Gasteiger charge is 2.28. The van der Waals surface area contributed by atoms with Crippen LogP contribution in [-0.4, -0.2) is 26.9 Å². The van der Waals surface area contributed by atoms with Crippen LogP contribution in [0.15, 0.2) is 34.8 Å². The molecule has 0 saturated heterocycles. The van der Waals surface area contributed by atoms with Gasteiger partial charge in [-0.05, 0) is 37.1 Å². The summed E-state index contributed by atoms with van der Waals surface area (Å²) in [4.78, 5) is 4.72. The minimum Gasteiger partial charge on any atom is -0.497 e. The summed E-state index contributed by atoms with van der Waals surface area (Å²) < 4.78 is 7.23. The lowest BCUT2D eigenvalue weighted by atomic mass is 10.2. The molecule has 0 amide bonds. The average molecular weight is 359 g/mol.